The van der Waals surface area contributed by atoms with E-state index in [4.69, 9.17) is 4.74 Å². The summed E-state index contributed by atoms with van der Waals surface area (Å²) >= 11 is 0. The molecule has 0 aliphatic heterocycles. The fraction of sp³-hybridized carbons (Fsp3) is 0.150. The lowest BCUT2D eigenvalue weighted by atomic mass is 10.1. The molecule has 0 amide bonds. The van der Waals surface area contributed by atoms with Gasteiger partial charge < -0.3 is 15.0 Å². The first-order chi connectivity index (χ1) is 12.8. The zero-order valence-electron chi connectivity index (χ0n) is 14.4. The first kappa shape index (κ1) is 16.1. The van der Waals surface area contributed by atoms with Gasteiger partial charge in [0.1, 0.15) is 17.9 Å². The molecule has 0 fully saturated rings. The fourth-order valence-corrected chi connectivity index (χ4v) is 3.01. The maximum Gasteiger partial charge on any atom is 0.137 e. The molecule has 3 heterocycles. The highest BCUT2D eigenvalue weighted by Gasteiger charge is 2.08. The molecule has 3 aromatic heterocycles. The molecule has 0 spiro atoms. The highest BCUT2D eigenvalue weighted by atomic mass is 16.5. The van der Waals surface area contributed by atoms with E-state index in [0.29, 0.717) is 0 Å². The van der Waals surface area contributed by atoms with Crippen molar-refractivity contribution in [2.75, 3.05) is 19.0 Å². The van der Waals surface area contributed by atoms with Gasteiger partial charge in [-0.25, -0.2) is 9.97 Å². The number of benzene rings is 1. The average Bonchev–Trinajstić information content (AvgIpc) is 3.11. The third kappa shape index (κ3) is 3.21. The van der Waals surface area contributed by atoms with Gasteiger partial charge in [-0.3, -0.25) is 4.98 Å². The number of methoxy groups -OCH3 is 1. The van der Waals surface area contributed by atoms with Gasteiger partial charge in [-0.05, 0) is 36.2 Å². The first-order valence-electron chi connectivity index (χ1n) is 8.43. The van der Waals surface area contributed by atoms with E-state index in [-0.39, 0.29) is 0 Å². The molecule has 6 heteroatoms. The first-order valence-corrected chi connectivity index (χ1v) is 8.43. The number of ether oxygens (including phenoxy) is 1. The molecule has 0 aliphatic carbocycles. The van der Waals surface area contributed by atoms with Crippen LogP contribution in [0.25, 0.3) is 22.0 Å². The molecule has 4 rings (SSSR count). The van der Waals surface area contributed by atoms with Crippen LogP contribution >= 0.6 is 0 Å². The second-order valence-electron chi connectivity index (χ2n) is 5.93. The maximum absolute atomic E-state index is 5.33. The lowest BCUT2D eigenvalue weighted by Gasteiger charge is -2.10. The Morgan fingerprint density at radius 1 is 1.15 bits per heavy atom. The Hall–Kier alpha value is -3.41. The van der Waals surface area contributed by atoms with Crippen LogP contribution in [-0.4, -0.2) is 33.6 Å². The van der Waals surface area contributed by atoms with Crippen molar-refractivity contribution >= 4 is 16.7 Å². The largest absolute Gasteiger partial charge is 0.497 e. The highest BCUT2D eigenvalue weighted by Crippen LogP contribution is 2.26. The van der Waals surface area contributed by atoms with Crippen molar-refractivity contribution in [3.8, 4) is 16.9 Å². The lowest BCUT2D eigenvalue weighted by molar-refractivity contribution is 0.415. The number of anilines is 1. The normalized spacial score (nSPS) is 10.8. The summed E-state index contributed by atoms with van der Waals surface area (Å²) in [5.74, 6) is 1.67. The SMILES string of the molecule is COc1ccc2[nH]cc(CCNc3ncncc3-c3cccnc3)c2c1. The van der Waals surface area contributed by atoms with Gasteiger partial charge in [0.15, 0.2) is 0 Å². The number of nitrogens with zero attached hydrogens (tertiary/aromatic N) is 3. The van der Waals surface area contributed by atoms with Crippen LogP contribution in [0.15, 0.2) is 61.4 Å². The standard InChI is InChI=1S/C20H19N5O/c1-26-16-4-5-19-17(9-16)15(11-24-19)6-8-23-20-18(12-22-13-25-20)14-3-2-7-21-10-14/h2-5,7,9-13,24H,6,8H2,1H3,(H,22,23,25). The number of hydrogen-bond acceptors (Lipinski definition) is 5. The van der Waals surface area contributed by atoms with Crippen LogP contribution in [-0.2, 0) is 6.42 Å². The Balaban J connectivity index is 1.51. The third-order valence-electron chi connectivity index (χ3n) is 4.35. The molecule has 2 N–H and O–H groups in total. The Labute approximate surface area is 151 Å². The van der Waals surface area contributed by atoms with E-state index in [0.717, 1.165) is 41.2 Å². The molecule has 130 valence electrons. The zero-order chi connectivity index (χ0) is 17.8. The van der Waals surface area contributed by atoms with Crippen molar-refractivity contribution in [2.45, 2.75) is 6.42 Å². The molecule has 6 nitrogen and oxygen atoms in total. The maximum atomic E-state index is 5.33. The van der Waals surface area contributed by atoms with Gasteiger partial charge in [0, 0.05) is 53.4 Å². The van der Waals surface area contributed by atoms with E-state index >= 15 is 0 Å². The van der Waals surface area contributed by atoms with Crippen molar-refractivity contribution in [3.63, 3.8) is 0 Å². The van der Waals surface area contributed by atoms with E-state index in [1.54, 1.807) is 19.6 Å². The highest BCUT2D eigenvalue weighted by molar-refractivity contribution is 5.84. The molecule has 26 heavy (non-hydrogen) atoms. The van der Waals surface area contributed by atoms with Crippen molar-refractivity contribution in [2.24, 2.45) is 0 Å². The molecule has 0 unspecified atom stereocenters. The number of nitrogens with one attached hydrogen (secondary N) is 2. The van der Waals surface area contributed by atoms with Gasteiger partial charge in [-0.1, -0.05) is 6.07 Å². The van der Waals surface area contributed by atoms with E-state index in [1.807, 2.05) is 42.9 Å². The fourth-order valence-electron chi connectivity index (χ4n) is 3.01. The summed E-state index contributed by atoms with van der Waals surface area (Å²) in [6.45, 7) is 0.758. The minimum atomic E-state index is 0.758. The number of hydrogen-bond donors (Lipinski definition) is 2. The Bertz CT molecular complexity index is 1010. The predicted molar refractivity (Wildman–Crippen MR) is 102 cm³/mol. The summed E-state index contributed by atoms with van der Waals surface area (Å²) in [6, 6.07) is 9.97. The number of aromatic nitrogens is 4. The van der Waals surface area contributed by atoms with Crippen LogP contribution in [0.5, 0.6) is 5.75 Å². The van der Waals surface area contributed by atoms with E-state index in [1.165, 1.54) is 10.9 Å². The molecule has 0 radical (unpaired) electrons. The Kier molecular flexibility index (Phi) is 4.47. The topological polar surface area (TPSA) is 75.7 Å². The molecule has 4 aromatic rings. The van der Waals surface area contributed by atoms with Gasteiger partial charge in [0.25, 0.3) is 0 Å². The molecular weight excluding hydrogens is 326 g/mol. The van der Waals surface area contributed by atoms with Crippen molar-refractivity contribution in [1.82, 2.24) is 19.9 Å². The molecule has 1 aromatic carbocycles. The summed E-state index contributed by atoms with van der Waals surface area (Å²) in [4.78, 5) is 16.0. The van der Waals surface area contributed by atoms with Crippen molar-refractivity contribution in [3.05, 3.63) is 67.0 Å². The number of aromatic amines is 1. The molecule has 0 aliphatic rings. The number of pyridine rings is 1. The quantitative estimate of drug-likeness (QED) is 0.557. The molecule has 0 bridgehead atoms. The van der Waals surface area contributed by atoms with Crippen molar-refractivity contribution in [1.29, 1.82) is 0 Å². The molecule has 0 saturated carbocycles. The molecule has 0 saturated heterocycles. The lowest BCUT2D eigenvalue weighted by Crippen LogP contribution is -2.07. The summed E-state index contributed by atoms with van der Waals surface area (Å²) in [6.07, 6.45) is 9.85. The van der Waals surface area contributed by atoms with E-state index < -0.39 is 0 Å². The monoisotopic (exact) mass is 345 g/mol. The average molecular weight is 345 g/mol. The summed E-state index contributed by atoms with van der Waals surface area (Å²) in [5.41, 5.74) is 4.29. The van der Waals surface area contributed by atoms with Crippen LogP contribution in [0.2, 0.25) is 0 Å². The second kappa shape index (κ2) is 7.23. The van der Waals surface area contributed by atoms with Gasteiger partial charge in [0.05, 0.1) is 7.11 Å². The van der Waals surface area contributed by atoms with Crippen LogP contribution in [0.1, 0.15) is 5.56 Å². The molecular formula is C20H19N5O. The van der Waals surface area contributed by atoms with Gasteiger partial charge in [-0.2, -0.15) is 0 Å². The Morgan fingerprint density at radius 3 is 2.96 bits per heavy atom. The van der Waals surface area contributed by atoms with Gasteiger partial charge in [0.2, 0.25) is 0 Å². The van der Waals surface area contributed by atoms with E-state index in [9.17, 15) is 0 Å². The van der Waals surface area contributed by atoms with E-state index in [2.05, 4.69) is 31.3 Å². The number of rotatable bonds is 6. The third-order valence-corrected chi connectivity index (χ3v) is 4.35. The van der Waals surface area contributed by atoms with Crippen LogP contribution < -0.4 is 10.1 Å². The molecule has 0 atom stereocenters. The smallest absolute Gasteiger partial charge is 0.137 e. The number of fused-ring (bicyclic) bond motifs is 1. The van der Waals surface area contributed by atoms with Gasteiger partial charge >= 0.3 is 0 Å². The summed E-state index contributed by atoms with van der Waals surface area (Å²) in [5, 5.41) is 4.60. The van der Waals surface area contributed by atoms with Crippen molar-refractivity contribution < 1.29 is 4.74 Å². The zero-order valence-corrected chi connectivity index (χ0v) is 14.4. The van der Waals surface area contributed by atoms with Crippen LogP contribution in [0, 0.1) is 0 Å². The number of H-pyrrole nitrogens is 1. The predicted octanol–water partition coefficient (Wildman–Crippen LogP) is 3.68. The van der Waals surface area contributed by atoms with Crippen LogP contribution in [0.3, 0.4) is 0 Å². The minimum absolute atomic E-state index is 0.758. The van der Waals surface area contributed by atoms with Gasteiger partial charge in [-0.15, -0.1) is 0 Å². The summed E-state index contributed by atoms with van der Waals surface area (Å²) < 4.78 is 5.33. The second-order valence-corrected chi connectivity index (χ2v) is 5.93. The minimum Gasteiger partial charge on any atom is -0.497 e. The Morgan fingerprint density at radius 2 is 2.12 bits per heavy atom. The summed E-state index contributed by atoms with van der Waals surface area (Å²) in [7, 11) is 1.68. The van der Waals surface area contributed by atoms with Crippen LogP contribution in [0.4, 0.5) is 5.82 Å².